The molecule has 1 fully saturated rings. The molecule has 1 amide bonds. The lowest BCUT2D eigenvalue weighted by molar-refractivity contribution is 0.0945. The van der Waals surface area contributed by atoms with Crippen LogP contribution in [0.2, 0.25) is 0 Å². The van der Waals surface area contributed by atoms with E-state index in [9.17, 15) is 4.79 Å². The molecule has 0 spiro atoms. The molecule has 7 heteroatoms. The average Bonchev–Trinajstić information content (AvgIpc) is 3.38. The van der Waals surface area contributed by atoms with Crippen LogP contribution in [-0.4, -0.2) is 53.9 Å². The summed E-state index contributed by atoms with van der Waals surface area (Å²) in [5.74, 6) is 0.824. The molecule has 0 unspecified atom stereocenters. The molecule has 3 heterocycles. The van der Waals surface area contributed by atoms with Gasteiger partial charge < -0.3 is 14.6 Å². The van der Waals surface area contributed by atoms with Gasteiger partial charge in [0.1, 0.15) is 5.76 Å². The predicted molar refractivity (Wildman–Crippen MR) is 115 cm³/mol. The van der Waals surface area contributed by atoms with Crippen molar-refractivity contribution >= 4 is 17.2 Å². The number of thiophene rings is 1. The van der Waals surface area contributed by atoms with Crippen LogP contribution >= 0.6 is 11.3 Å². The van der Waals surface area contributed by atoms with Crippen molar-refractivity contribution in [2.75, 3.05) is 33.2 Å². The van der Waals surface area contributed by atoms with Gasteiger partial charge in [0, 0.05) is 39.3 Å². The van der Waals surface area contributed by atoms with Crippen molar-refractivity contribution in [1.82, 2.24) is 20.1 Å². The number of nitrogens with one attached hydrogen (secondary N) is 1. The highest BCUT2D eigenvalue weighted by Crippen LogP contribution is 2.25. The first-order valence-corrected chi connectivity index (χ1v) is 10.7. The van der Waals surface area contributed by atoms with Crippen LogP contribution in [0.3, 0.4) is 0 Å². The van der Waals surface area contributed by atoms with Gasteiger partial charge in [-0.25, -0.2) is 4.98 Å². The number of aromatic nitrogens is 1. The molecule has 0 radical (unpaired) electrons. The molecule has 1 aliphatic rings. The first-order valence-electron chi connectivity index (χ1n) is 9.87. The molecule has 1 aliphatic heterocycles. The summed E-state index contributed by atoms with van der Waals surface area (Å²) in [6, 6.07) is 12.3. The number of amides is 1. The fourth-order valence-electron chi connectivity index (χ4n) is 3.48. The van der Waals surface area contributed by atoms with Gasteiger partial charge in [-0.05, 0) is 36.5 Å². The van der Waals surface area contributed by atoms with Gasteiger partial charge in [0.2, 0.25) is 5.89 Å². The van der Waals surface area contributed by atoms with E-state index in [2.05, 4.69) is 45.3 Å². The lowest BCUT2D eigenvalue weighted by Crippen LogP contribution is -2.43. The molecule has 1 aromatic carbocycles. The van der Waals surface area contributed by atoms with E-state index >= 15 is 0 Å². The normalized spacial score (nSPS) is 15.5. The van der Waals surface area contributed by atoms with Crippen molar-refractivity contribution in [3.05, 3.63) is 64.4 Å². The van der Waals surface area contributed by atoms with Gasteiger partial charge >= 0.3 is 0 Å². The zero-order chi connectivity index (χ0) is 20.2. The Kier molecular flexibility index (Phi) is 6.08. The Morgan fingerprint density at radius 2 is 1.97 bits per heavy atom. The summed E-state index contributed by atoms with van der Waals surface area (Å²) in [5.41, 5.74) is 2.71. The van der Waals surface area contributed by atoms with E-state index < -0.39 is 0 Å². The third-order valence-electron chi connectivity index (χ3n) is 5.19. The molecule has 0 aliphatic carbocycles. The third-order valence-corrected chi connectivity index (χ3v) is 6.05. The first kappa shape index (κ1) is 19.8. The molecular formula is C22H26N4O2S. The van der Waals surface area contributed by atoms with Crippen LogP contribution in [0.15, 0.2) is 46.2 Å². The number of hydrogen-bond donors (Lipinski definition) is 1. The fourth-order valence-corrected chi connectivity index (χ4v) is 4.13. The van der Waals surface area contributed by atoms with Crippen LogP contribution in [0.1, 0.15) is 27.4 Å². The molecule has 2 aromatic heterocycles. The predicted octanol–water partition coefficient (Wildman–Crippen LogP) is 3.39. The monoisotopic (exact) mass is 410 g/mol. The van der Waals surface area contributed by atoms with Gasteiger partial charge in [-0.15, -0.1) is 11.3 Å². The van der Waals surface area contributed by atoms with Gasteiger partial charge in [-0.3, -0.25) is 9.69 Å². The van der Waals surface area contributed by atoms with E-state index in [4.69, 9.17) is 4.42 Å². The lowest BCUT2D eigenvalue weighted by atomic mass is 10.1. The summed E-state index contributed by atoms with van der Waals surface area (Å²) < 4.78 is 5.67. The van der Waals surface area contributed by atoms with Crippen LogP contribution in [0.5, 0.6) is 0 Å². The number of benzene rings is 1. The molecule has 1 saturated heterocycles. The van der Waals surface area contributed by atoms with Crippen molar-refractivity contribution in [3.63, 3.8) is 0 Å². The van der Waals surface area contributed by atoms with Gasteiger partial charge in [-0.2, -0.15) is 0 Å². The van der Waals surface area contributed by atoms with Crippen LogP contribution < -0.4 is 5.32 Å². The molecule has 6 nitrogen and oxygen atoms in total. The molecule has 3 aromatic rings. The van der Waals surface area contributed by atoms with Crippen LogP contribution in [0, 0.1) is 6.92 Å². The minimum absolute atomic E-state index is 0.210. The minimum Gasteiger partial charge on any atom is -0.440 e. The smallest absolute Gasteiger partial charge is 0.273 e. The molecule has 152 valence electrons. The minimum atomic E-state index is -0.210. The third kappa shape index (κ3) is 4.93. The van der Waals surface area contributed by atoms with E-state index in [1.165, 1.54) is 5.56 Å². The van der Waals surface area contributed by atoms with Crippen LogP contribution in [0.25, 0.3) is 10.8 Å². The van der Waals surface area contributed by atoms with Gasteiger partial charge in [-0.1, -0.05) is 30.3 Å². The Morgan fingerprint density at radius 3 is 2.72 bits per heavy atom. The second kappa shape index (κ2) is 8.90. The number of nitrogens with zero attached hydrogens (tertiary/aromatic N) is 3. The van der Waals surface area contributed by atoms with Crippen molar-refractivity contribution < 1.29 is 9.21 Å². The molecule has 29 heavy (non-hydrogen) atoms. The molecule has 0 saturated carbocycles. The van der Waals surface area contributed by atoms with Crippen LogP contribution in [-0.2, 0) is 13.1 Å². The summed E-state index contributed by atoms with van der Waals surface area (Å²) in [4.78, 5) is 22.8. The molecular weight excluding hydrogens is 384 g/mol. The maximum atomic E-state index is 12.6. The van der Waals surface area contributed by atoms with E-state index in [0.717, 1.165) is 43.2 Å². The van der Waals surface area contributed by atoms with Crippen molar-refractivity contribution in [2.45, 2.75) is 20.0 Å². The summed E-state index contributed by atoms with van der Waals surface area (Å²) in [5, 5.41) is 4.94. The highest BCUT2D eigenvalue weighted by molar-refractivity contribution is 7.13. The Bertz CT molecular complexity index is 959. The average molecular weight is 411 g/mol. The number of oxazole rings is 1. The van der Waals surface area contributed by atoms with E-state index in [0.29, 0.717) is 23.9 Å². The van der Waals surface area contributed by atoms with E-state index in [1.807, 2.05) is 23.6 Å². The number of hydrogen-bond acceptors (Lipinski definition) is 6. The van der Waals surface area contributed by atoms with Crippen LogP contribution in [0.4, 0.5) is 0 Å². The summed E-state index contributed by atoms with van der Waals surface area (Å²) in [7, 11) is 2.17. The zero-order valence-electron chi connectivity index (χ0n) is 16.9. The van der Waals surface area contributed by atoms with E-state index in [1.54, 1.807) is 18.3 Å². The zero-order valence-corrected chi connectivity index (χ0v) is 17.7. The molecule has 4 rings (SSSR count). The quantitative estimate of drug-likeness (QED) is 0.675. The SMILES string of the molecule is Cc1oc(-c2cccs2)nc1C(=O)NCc1cccc(CN2CCN(C)CC2)c1. The van der Waals surface area contributed by atoms with Gasteiger partial charge in [0.25, 0.3) is 5.91 Å². The number of carbonyl (C=O) groups excluding carboxylic acids is 1. The number of likely N-dealkylation sites (N-methyl/N-ethyl adjacent to an activating group) is 1. The summed E-state index contributed by atoms with van der Waals surface area (Å²) >= 11 is 1.54. The largest absolute Gasteiger partial charge is 0.440 e. The fraction of sp³-hybridized carbons (Fsp3) is 0.364. The highest BCUT2D eigenvalue weighted by Gasteiger charge is 2.18. The van der Waals surface area contributed by atoms with Crippen molar-refractivity contribution in [1.29, 1.82) is 0 Å². The maximum absolute atomic E-state index is 12.6. The van der Waals surface area contributed by atoms with Crippen molar-refractivity contribution in [3.8, 4) is 10.8 Å². The van der Waals surface area contributed by atoms with E-state index in [-0.39, 0.29) is 5.91 Å². The summed E-state index contributed by atoms with van der Waals surface area (Å²) in [6.07, 6.45) is 0. The lowest BCUT2D eigenvalue weighted by Gasteiger charge is -2.32. The Labute approximate surface area is 175 Å². The van der Waals surface area contributed by atoms with Crippen molar-refractivity contribution in [2.24, 2.45) is 0 Å². The molecule has 0 bridgehead atoms. The molecule has 1 N–H and O–H groups in total. The number of aryl methyl sites for hydroxylation is 1. The second-order valence-electron chi connectivity index (χ2n) is 7.48. The summed E-state index contributed by atoms with van der Waals surface area (Å²) in [6.45, 7) is 7.60. The first-order chi connectivity index (χ1) is 14.1. The Morgan fingerprint density at radius 1 is 1.17 bits per heavy atom. The second-order valence-corrected chi connectivity index (χ2v) is 8.43. The standard InChI is InChI=1S/C22H26N4O2S/c1-16-20(24-22(28-16)19-7-4-12-29-19)21(27)23-14-17-5-3-6-18(13-17)15-26-10-8-25(2)9-11-26/h3-7,12-13H,8-11,14-15H2,1-2H3,(H,23,27). The van der Waals surface area contributed by atoms with Gasteiger partial charge in [0.15, 0.2) is 5.69 Å². The topological polar surface area (TPSA) is 61.6 Å². The number of piperazine rings is 1. The van der Waals surface area contributed by atoms with Gasteiger partial charge in [0.05, 0.1) is 4.88 Å². The Hall–Kier alpha value is -2.48. The number of rotatable bonds is 6. The highest BCUT2D eigenvalue weighted by atomic mass is 32.1. The molecule has 0 atom stereocenters. The maximum Gasteiger partial charge on any atom is 0.273 e. The Balaban J connectivity index is 1.36. The number of carbonyl (C=O) groups is 1.